The van der Waals surface area contributed by atoms with Crippen molar-refractivity contribution in [2.75, 3.05) is 7.05 Å². The van der Waals surface area contributed by atoms with E-state index in [1.54, 1.807) is 11.9 Å². The van der Waals surface area contributed by atoms with E-state index in [1.165, 1.54) is 0 Å². The van der Waals surface area contributed by atoms with E-state index < -0.39 is 0 Å². The van der Waals surface area contributed by atoms with Crippen LogP contribution in [0.5, 0.6) is 0 Å². The van der Waals surface area contributed by atoms with Crippen molar-refractivity contribution in [2.24, 2.45) is 4.99 Å². The number of carbonyl (C=O) groups is 1. The molecule has 3 rings (SSSR count). The summed E-state index contributed by atoms with van der Waals surface area (Å²) in [6, 6.07) is 7.99. The van der Waals surface area contributed by atoms with Gasteiger partial charge in [0.2, 0.25) is 0 Å². The number of likely N-dealkylation sites (N-methyl/N-ethyl adjacent to an activating group) is 1. The van der Waals surface area contributed by atoms with Crippen LogP contribution >= 0.6 is 0 Å². The van der Waals surface area contributed by atoms with Gasteiger partial charge in [-0.3, -0.25) is 9.69 Å². The van der Waals surface area contributed by atoms with Crippen molar-refractivity contribution in [2.45, 2.75) is 6.92 Å². The fourth-order valence-corrected chi connectivity index (χ4v) is 2.07. The van der Waals surface area contributed by atoms with Gasteiger partial charge in [0.25, 0.3) is 5.91 Å². The van der Waals surface area contributed by atoms with Crippen molar-refractivity contribution in [3.63, 3.8) is 0 Å². The lowest BCUT2D eigenvalue weighted by Gasteiger charge is -2.05. The van der Waals surface area contributed by atoms with E-state index >= 15 is 0 Å². The van der Waals surface area contributed by atoms with Gasteiger partial charge in [0, 0.05) is 29.7 Å². The van der Waals surface area contributed by atoms with Crippen molar-refractivity contribution in [3.05, 3.63) is 41.7 Å². The zero-order valence-corrected chi connectivity index (χ0v) is 10.3. The maximum Gasteiger partial charge on any atom is 0.277 e. The summed E-state index contributed by atoms with van der Waals surface area (Å²) in [7, 11) is 1.73. The first-order valence-electron chi connectivity index (χ1n) is 5.78. The van der Waals surface area contributed by atoms with E-state index in [-0.39, 0.29) is 5.91 Å². The summed E-state index contributed by atoms with van der Waals surface area (Å²) in [6.07, 6.45) is 3.72. The molecule has 2 heterocycles. The highest BCUT2D eigenvalue weighted by Crippen LogP contribution is 2.23. The molecule has 0 atom stereocenters. The first-order chi connectivity index (χ1) is 8.66. The molecule has 1 aromatic heterocycles. The molecule has 0 radical (unpaired) electrons. The molecule has 90 valence electrons. The Morgan fingerprint density at radius 1 is 1.33 bits per heavy atom. The molecule has 0 spiro atoms. The number of hydrogen-bond donors (Lipinski definition) is 1. The number of amides is 1. The third-order valence-electron chi connectivity index (χ3n) is 3.20. The smallest absolute Gasteiger partial charge is 0.277 e. The van der Waals surface area contributed by atoms with Crippen LogP contribution in [0.1, 0.15) is 12.5 Å². The predicted octanol–water partition coefficient (Wildman–Crippen LogP) is 2.40. The molecular formula is C14H13N3O. The van der Waals surface area contributed by atoms with Crippen molar-refractivity contribution < 1.29 is 4.79 Å². The van der Waals surface area contributed by atoms with Crippen molar-refractivity contribution >= 4 is 28.7 Å². The van der Waals surface area contributed by atoms with Crippen molar-refractivity contribution in [1.82, 2.24) is 9.88 Å². The van der Waals surface area contributed by atoms with Gasteiger partial charge in [-0.15, -0.1) is 0 Å². The number of H-pyrrole nitrogens is 1. The fraction of sp³-hybridized carbons (Fsp3) is 0.143. The van der Waals surface area contributed by atoms with Gasteiger partial charge in [-0.2, -0.15) is 0 Å². The number of amidine groups is 1. The minimum atomic E-state index is -0.0576. The number of carbonyl (C=O) groups excluding carboxylic acids is 1. The van der Waals surface area contributed by atoms with Gasteiger partial charge < -0.3 is 4.98 Å². The summed E-state index contributed by atoms with van der Waals surface area (Å²) in [6.45, 7) is 1.83. The molecule has 1 aliphatic heterocycles. The Morgan fingerprint density at radius 3 is 2.83 bits per heavy atom. The van der Waals surface area contributed by atoms with Gasteiger partial charge in [-0.25, -0.2) is 4.99 Å². The standard InChI is InChI=1S/C14H13N3O/c1-9-16-13(14(18)17(9)2)7-10-8-15-12-6-4-3-5-11(10)12/h3-8,15H,1-2H3/b13-7-. The number of benzene rings is 1. The van der Waals surface area contributed by atoms with Gasteiger partial charge >= 0.3 is 0 Å². The SMILES string of the molecule is CC1=N/C(=C\c2c[nH]c3ccccc23)C(=O)N1C. The predicted molar refractivity (Wildman–Crippen MR) is 72.2 cm³/mol. The average molecular weight is 239 g/mol. The van der Waals surface area contributed by atoms with E-state index in [2.05, 4.69) is 9.98 Å². The van der Waals surface area contributed by atoms with Crippen LogP contribution in [0.3, 0.4) is 0 Å². The van der Waals surface area contributed by atoms with Gasteiger partial charge in [0.1, 0.15) is 11.5 Å². The highest BCUT2D eigenvalue weighted by atomic mass is 16.2. The van der Waals surface area contributed by atoms with Crippen LogP contribution < -0.4 is 0 Å². The second-order valence-corrected chi connectivity index (χ2v) is 4.34. The topological polar surface area (TPSA) is 48.5 Å². The molecule has 4 heteroatoms. The number of nitrogens with zero attached hydrogens (tertiary/aromatic N) is 2. The third kappa shape index (κ3) is 1.54. The molecule has 0 unspecified atom stereocenters. The van der Waals surface area contributed by atoms with Gasteiger partial charge in [-0.05, 0) is 19.1 Å². The minimum Gasteiger partial charge on any atom is -0.361 e. The maximum atomic E-state index is 11.9. The Morgan fingerprint density at radius 2 is 2.11 bits per heavy atom. The Kier molecular flexibility index (Phi) is 2.30. The summed E-state index contributed by atoms with van der Waals surface area (Å²) >= 11 is 0. The number of nitrogens with one attached hydrogen (secondary N) is 1. The minimum absolute atomic E-state index is 0.0576. The van der Waals surface area contributed by atoms with Crippen LogP contribution in [0, 0.1) is 0 Å². The van der Waals surface area contributed by atoms with E-state index in [0.717, 1.165) is 22.3 Å². The molecule has 1 aromatic carbocycles. The number of fused-ring (bicyclic) bond motifs is 1. The summed E-state index contributed by atoms with van der Waals surface area (Å²) in [5.74, 6) is 0.670. The lowest BCUT2D eigenvalue weighted by molar-refractivity contribution is -0.121. The molecule has 1 aliphatic rings. The maximum absolute atomic E-state index is 11.9. The van der Waals surface area contributed by atoms with Crippen LogP contribution in [0.15, 0.2) is 41.2 Å². The van der Waals surface area contributed by atoms with Crippen molar-refractivity contribution in [1.29, 1.82) is 0 Å². The molecular weight excluding hydrogens is 226 g/mol. The fourth-order valence-electron chi connectivity index (χ4n) is 2.07. The molecule has 2 aromatic rings. The summed E-state index contributed by atoms with van der Waals surface area (Å²) in [5, 5.41) is 1.10. The lowest BCUT2D eigenvalue weighted by atomic mass is 10.1. The third-order valence-corrected chi connectivity index (χ3v) is 3.20. The highest BCUT2D eigenvalue weighted by molar-refractivity contribution is 6.14. The normalized spacial score (nSPS) is 17.9. The van der Waals surface area contributed by atoms with Crippen LogP contribution in [0.4, 0.5) is 0 Å². The molecule has 0 fully saturated rings. The lowest BCUT2D eigenvalue weighted by Crippen LogP contribution is -2.25. The quantitative estimate of drug-likeness (QED) is 0.763. The summed E-state index contributed by atoms with van der Waals surface area (Å²) in [4.78, 5) is 20.9. The van der Waals surface area contributed by atoms with E-state index in [0.29, 0.717) is 5.70 Å². The van der Waals surface area contributed by atoms with Crippen LogP contribution in [-0.4, -0.2) is 28.7 Å². The van der Waals surface area contributed by atoms with Crippen LogP contribution in [-0.2, 0) is 4.79 Å². The van der Waals surface area contributed by atoms with Gasteiger partial charge in [0.05, 0.1) is 0 Å². The Hall–Kier alpha value is -2.36. The molecule has 0 aliphatic carbocycles. The molecule has 0 bridgehead atoms. The van der Waals surface area contributed by atoms with Gasteiger partial charge in [-0.1, -0.05) is 18.2 Å². The van der Waals surface area contributed by atoms with Crippen LogP contribution in [0.2, 0.25) is 0 Å². The molecule has 0 saturated heterocycles. The average Bonchev–Trinajstić information content (AvgIpc) is 2.89. The Labute approximate surface area is 105 Å². The molecule has 4 nitrogen and oxygen atoms in total. The summed E-state index contributed by atoms with van der Waals surface area (Å²) < 4.78 is 0. The van der Waals surface area contributed by atoms with Crippen molar-refractivity contribution in [3.8, 4) is 0 Å². The van der Waals surface area contributed by atoms with Crippen LogP contribution in [0.25, 0.3) is 17.0 Å². The highest BCUT2D eigenvalue weighted by Gasteiger charge is 2.23. The number of hydrogen-bond acceptors (Lipinski definition) is 2. The zero-order chi connectivity index (χ0) is 12.7. The molecule has 0 saturated carbocycles. The van der Waals surface area contributed by atoms with Gasteiger partial charge in [0.15, 0.2) is 0 Å². The number of rotatable bonds is 1. The molecule has 18 heavy (non-hydrogen) atoms. The number of para-hydroxylation sites is 1. The first kappa shape index (κ1) is 10.8. The second-order valence-electron chi connectivity index (χ2n) is 4.34. The van der Waals surface area contributed by atoms with E-state index in [4.69, 9.17) is 0 Å². The zero-order valence-electron chi connectivity index (χ0n) is 10.3. The van der Waals surface area contributed by atoms with E-state index in [1.807, 2.05) is 43.5 Å². The summed E-state index contributed by atoms with van der Waals surface area (Å²) in [5.41, 5.74) is 2.53. The number of aliphatic imine (C=N–C) groups is 1. The Bertz CT molecular complexity index is 694. The number of aromatic nitrogens is 1. The number of aromatic amines is 1. The molecule has 1 amide bonds. The largest absolute Gasteiger partial charge is 0.361 e. The molecule has 1 N–H and O–H groups in total. The van der Waals surface area contributed by atoms with E-state index in [9.17, 15) is 4.79 Å². The first-order valence-corrected chi connectivity index (χ1v) is 5.78. The monoisotopic (exact) mass is 239 g/mol. The second kappa shape index (κ2) is 3.84. The Balaban J connectivity index is 2.10.